The van der Waals surface area contributed by atoms with Crippen LogP contribution in [-0.4, -0.2) is 23.9 Å². The van der Waals surface area contributed by atoms with Crippen LogP contribution >= 0.6 is 11.3 Å². The highest BCUT2D eigenvalue weighted by atomic mass is 32.1. The van der Waals surface area contributed by atoms with Crippen molar-refractivity contribution in [2.24, 2.45) is 5.11 Å². The number of hydrogen-bond acceptors (Lipinski definition) is 3. The molecule has 5 nitrogen and oxygen atoms in total. The van der Waals surface area contributed by atoms with Gasteiger partial charge in [-0.05, 0) is 30.5 Å². The van der Waals surface area contributed by atoms with Crippen molar-refractivity contribution >= 4 is 17.2 Å². The Hall–Kier alpha value is -1.52. The Labute approximate surface area is 116 Å². The highest BCUT2D eigenvalue weighted by Crippen LogP contribution is 2.25. The largest absolute Gasteiger partial charge is 0.338 e. The molecule has 0 spiro atoms. The molecule has 1 aromatic rings. The van der Waals surface area contributed by atoms with Crippen LogP contribution in [0.3, 0.4) is 0 Å². The molecule has 0 aromatic carbocycles. The number of carbonyl (C=O) groups is 1. The molecular weight excluding hydrogens is 260 g/mol. The fourth-order valence-electron chi connectivity index (χ4n) is 2.49. The van der Waals surface area contributed by atoms with Crippen molar-refractivity contribution in [1.29, 1.82) is 0 Å². The lowest BCUT2D eigenvalue weighted by Gasteiger charge is -2.30. The minimum Gasteiger partial charge on any atom is -0.338 e. The number of rotatable bonds is 4. The summed E-state index contributed by atoms with van der Waals surface area (Å²) in [5, 5.41) is 3.52. The van der Waals surface area contributed by atoms with E-state index in [1.54, 1.807) is 0 Å². The monoisotopic (exact) mass is 278 g/mol. The van der Waals surface area contributed by atoms with Crippen LogP contribution in [0.1, 0.15) is 46.7 Å². The van der Waals surface area contributed by atoms with E-state index in [-0.39, 0.29) is 5.91 Å². The molecular formula is C13H18N4OS. The zero-order chi connectivity index (χ0) is 13.7. The third-order valence-corrected chi connectivity index (χ3v) is 4.66. The first-order valence-electron chi connectivity index (χ1n) is 6.59. The van der Waals surface area contributed by atoms with Crippen LogP contribution in [0.25, 0.3) is 10.4 Å². The maximum absolute atomic E-state index is 12.4. The van der Waals surface area contributed by atoms with Gasteiger partial charge in [0.05, 0.1) is 11.4 Å². The molecule has 0 saturated heterocycles. The summed E-state index contributed by atoms with van der Waals surface area (Å²) < 4.78 is 0. The smallest absolute Gasteiger partial charge is 0.263 e. The zero-order valence-corrected chi connectivity index (χ0v) is 11.9. The van der Waals surface area contributed by atoms with Crippen LogP contribution in [0, 0.1) is 0 Å². The topological polar surface area (TPSA) is 69.1 Å². The van der Waals surface area contributed by atoms with Crippen molar-refractivity contribution in [2.45, 2.75) is 44.7 Å². The van der Waals surface area contributed by atoms with Crippen LogP contribution in [0.5, 0.6) is 0 Å². The van der Waals surface area contributed by atoms with Crippen molar-refractivity contribution in [1.82, 2.24) is 4.90 Å². The fourth-order valence-corrected chi connectivity index (χ4v) is 3.40. The van der Waals surface area contributed by atoms with Crippen molar-refractivity contribution < 1.29 is 4.79 Å². The van der Waals surface area contributed by atoms with Crippen molar-refractivity contribution in [3.05, 3.63) is 32.3 Å². The van der Waals surface area contributed by atoms with E-state index in [9.17, 15) is 4.79 Å². The van der Waals surface area contributed by atoms with Crippen molar-refractivity contribution in [2.75, 3.05) is 7.05 Å². The minimum atomic E-state index is 0.0871. The summed E-state index contributed by atoms with van der Waals surface area (Å²) in [6, 6.07) is 4.07. The molecule has 0 radical (unpaired) electrons. The van der Waals surface area contributed by atoms with Gasteiger partial charge in [0.15, 0.2) is 0 Å². The molecule has 1 amide bonds. The first kappa shape index (κ1) is 13.9. The lowest BCUT2D eigenvalue weighted by molar-refractivity contribution is 0.0701. The van der Waals surface area contributed by atoms with Gasteiger partial charge in [0, 0.05) is 22.9 Å². The van der Waals surface area contributed by atoms with E-state index in [0.717, 1.165) is 22.6 Å². The predicted molar refractivity (Wildman–Crippen MR) is 76.1 cm³/mol. The van der Waals surface area contributed by atoms with E-state index in [1.165, 1.54) is 30.6 Å². The van der Waals surface area contributed by atoms with Gasteiger partial charge in [0.25, 0.3) is 5.91 Å². The van der Waals surface area contributed by atoms with E-state index in [1.807, 2.05) is 24.1 Å². The Balaban J connectivity index is 2.01. The molecule has 1 aliphatic rings. The zero-order valence-electron chi connectivity index (χ0n) is 11.1. The van der Waals surface area contributed by atoms with Crippen LogP contribution < -0.4 is 0 Å². The second kappa shape index (κ2) is 6.59. The molecule has 1 fully saturated rings. The lowest BCUT2D eigenvalue weighted by atomic mass is 9.94. The third-order valence-electron chi connectivity index (χ3n) is 3.60. The van der Waals surface area contributed by atoms with E-state index < -0.39 is 0 Å². The number of thiophene rings is 1. The molecule has 0 unspecified atom stereocenters. The lowest BCUT2D eigenvalue weighted by Crippen LogP contribution is -2.37. The van der Waals surface area contributed by atoms with E-state index in [4.69, 9.17) is 5.53 Å². The Morgan fingerprint density at radius 1 is 1.47 bits per heavy atom. The Kier molecular flexibility index (Phi) is 4.82. The van der Waals surface area contributed by atoms with Gasteiger partial charge in [0.1, 0.15) is 0 Å². The highest BCUT2D eigenvalue weighted by molar-refractivity contribution is 7.14. The maximum atomic E-state index is 12.4. The molecule has 0 atom stereocenters. The molecule has 19 heavy (non-hydrogen) atoms. The quantitative estimate of drug-likeness (QED) is 0.467. The average molecular weight is 278 g/mol. The third kappa shape index (κ3) is 3.49. The molecule has 102 valence electrons. The molecule has 1 aliphatic carbocycles. The Morgan fingerprint density at radius 2 is 2.21 bits per heavy atom. The van der Waals surface area contributed by atoms with Gasteiger partial charge in [-0.25, -0.2) is 0 Å². The second-order valence-electron chi connectivity index (χ2n) is 4.86. The SMILES string of the molecule is CN(C(=O)c1ccc(CN=[N+]=[N-])s1)C1CCCCC1. The number of amides is 1. The minimum absolute atomic E-state index is 0.0871. The maximum Gasteiger partial charge on any atom is 0.263 e. The summed E-state index contributed by atoms with van der Waals surface area (Å²) in [6.45, 7) is 0.321. The molecule has 6 heteroatoms. The molecule has 0 aliphatic heterocycles. The summed E-state index contributed by atoms with van der Waals surface area (Å²) in [6.07, 6.45) is 5.94. The van der Waals surface area contributed by atoms with Gasteiger partial charge in [-0.2, -0.15) is 0 Å². The van der Waals surface area contributed by atoms with Crippen LogP contribution in [-0.2, 0) is 6.54 Å². The molecule has 2 rings (SSSR count). The van der Waals surface area contributed by atoms with Gasteiger partial charge in [-0.15, -0.1) is 11.3 Å². The van der Waals surface area contributed by atoms with E-state index in [0.29, 0.717) is 12.6 Å². The molecule has 1 heterocycles. The molecule has 1 aromatic heterocycles. The Morgan fingerprint density at radius 3 is 2.89 bits per heavy atom. The van der Waals surface area contributed by atoms with Gasteiger partial charge >= 0.3 is 0 Å². The first-order valence-corrected chi connectivity index (χ1v) is 7.40. The number of carbonyl (C=O) groups excluding carboxylic acids is 1. The Bertz CT molecular complexity index is 487. The summed E-state index contributed by atoms with van der Waals surface area (Å²) >= 11 is 1.42. The summed E-state index contributed by atoms with van der Waals surface area (Å²) in [5.41, 5.74) is 8.29. The van der Waals surface area contributed by atoms with Crippen molar-refractivity contribution in [3.8, 4) is 0 Å². The van der Waals surface area contributed by atoms with Crippen LogP contribution in [0.2, 0.25) is 0 Å². The van der Waals surface area contributed by atoms with Crippen molar-refractivity contribution in [3.63, 3.8) is 0 Å². The predicted octanol–water partition coefficient (Wildman–Crippen LogP) is 3.96. The molecule has 0 bridgehead atoms. The van der Waals surface area contributed by atoms with Crippen LogP contribution in [0.15, 0.2) is 17.2 Å². The summed E-state index contributed by atoms with van der Waals surface area (Å²) in [4.78, 5) is 18.6. The number of nitrogens with zero attached hydrogens (tertiary/aromatic N) is 4. The fraction of sp³-hybridized carbons (Fsp3) is 0.615. The standard InChI is InChI=1S/C13H18N4OS/c1-17(10-5-3-2-4-6-10)13(18)12-8-7-11(19-12)9-15-16-14/h7-8,10H,2-6,9H2,1H3. The first-order chi connectivity index (χ1) is 9.22. The molecule has 0 N–H and O–H groups in total. The highest BCUT2D eigenvalue weighted by Gasteiger charge is 2.23. The summed E-state index contributed by atoms with van der Waals surface area (Å²) in [7, 11) is 1.89. The van der Waals surface area contributed by atoms with Gasteiger partial charge in [-0.3, -0.25) is 4.79 Å². The van der Waals surface area contributed by atoms with Gasteiger partial charge in [0.2, 0.25) is 0 Å². The van der Waals surface area contributed by atoms with E-state index in [2.05, 4.69) is 10.0 Å². The second-order valence-corrected chi connectivity index (χ2v) is 6.03. The normalized spacial score (nSPS) is 15.8. The van der Waals surface area contributed by atoms with Crippen LogP contribution in [0.4, 0.5) is 0 Å². The summed E-state index contributed by atoms with van der Waals surface area (Å²) in [5.74, 6) is 0.0871. The van der Waals surface area contributed by atoms with E-state index >= 15 is 0 Å². The molecule has 1 saturated carbocycles. The number of hydrogen-bond donors (Lipinski definition) is 0. The number of azide groups is 1. The van der Waals surface area contributed by atoms with Gasteiger partial charge in [-0.1, -0.05) is 24.4 Å². The average Bonchev–Trinajstić information content (AvgIpc) is 2.93. The van der Waals surface area contributed by atoms with Gasteiger partial charge < -0.3 is 4.90 Å².